The quantitative estimate of drug-likeness (QED) is 0.206. The fourth-order valence-electron chi connectivity index (χ4n) is 4.31. The summed E-state index contributed by atoms with van der Waals surface area (Å²) in [7, 11) is 0. The van der Waals surface area contributed by atoms with Gasteiger partial charge in [0.25, 0.3) is 11.7 Å². The Balaban J connectivity index is 1.50. The van der Waals surface area contributed by atoms with Crippen molar-refractivity contribution >= 4 is 17.4 Å². The van der Waals surface area contributed by atoms with Crippen LogP contribution in [0.25, 0.3) is 5.76 Å². The second kappa shape index (κ2) is 9.96. The van der Waals surface area contributed by atoms with Crippen LogP contribution in [0.4, 0.5) is 0 Å². The number of hydrogen-bond donors (Lipinski definition) is 1. The van der Waals surface area contributed by atoms with Gasteiger partial charge >= 0.3 is 0 Å². The molecule has 1 saturated heterocycles. The number of nitrogens with zero attached hydrogens (tertiary/aromatic N) is 1. The topological polar surface area (TPSA) is 80.0 Å². The number of hydrogen-bond acceptors (Lipinski definition) is 5. The van der Waals surface area contributed by atoms with Crippen molar-refractivity contribution in [3.8, 4) is 5.75 Å². The molecule has 0 radical (unpaired) electrons. The minimum atomic E-state index is -0.778. The third-order valence-electron chi connectivity index (χ3n) is 6.22. The molecular formula is C30H25NO5. The van der Waals surface area contributed by atoms with Crippen LogP contribution >= 0.6 is 0 Å². The Bertz CT molecular complexity index is 1390. The van der Waals surface area contributed by atoms with Crippen molar-refractivity contribution in [1.29, 1.82) is 0 Å². The summed E-state index contributed by atoms with van der Waals surface area (Å²) in [5.41, 5.74) is 3.28. The normalized spacial score (nSPS) is 16.9. The lowest BCUT2D eigenvalue weighted by Gasteiger charge is -2.24. The summed E-state index contributed by atoms with van der Waals surface area (Å²) in [5.74, 6) is -0.419. The van der Waals surface area contributed by atoms with Crippen LogP contribution in [-0.2, 0) is 22.7 Å². The Kier molecular flexibility index (Phi) is 6.41. The van der Waals surface area contributed by atoms with Crippen molar-refractivity contribution in [2.75, 3.05) is 0 Å². The summed E-state index contributed by atoms with van der Waals surface area (Å²) in [6.45, 7) is 2.46. The fourth-order valence-corrected chi connectivity index (χ4v) is 4.31. The van der Waals surface area contributed by atoms with Gasteiger partial charge in [-0.2, -0.15) is 0 Å². The molecule has 180 valence electrons. The third kappa shape index (κ3) is 4.66. The highest BCUT2D eigenvalue weighted by Gasteiger charge is 2.46. The lowest BCUT2D eigenvalue weighted by molar-refractivity contribution is -0.140. The van der Waals surface area contributed by atoms with E-state index in [0.29, 0.717) is 29.2 Å². The highest BCUT2D eigenvalue weighted by molar-refractivity contribution is 6.46. The SMILES string of the molecule is Cc1ccc(/C(O)=C2\C(=O)C(=O)N(Cc3ccco3)C2c2ccc(OCc3ccccc3)cc2)cc1. The largest absolute Gasteiger partial charge is 0.507 e. The van der Waals surface area contributed by atoms with E-state index in [9.17, 15) is 14.7 Å². The molecule has 1 atom stereocenters. The maximum atomic E-state index is 13.2. The van der Waals surface area contributed by atoms with Crippen molar-refractivity contribution in [1.82, 2.24) is 4.90 Å². The van der Waals surface area contributed by atoms with Crippen LogP contribution in [-0.4, -0.2) is 21.7 Å². The van der Waals surface area contributed by atoms with Crippen molar-refractivity contribution in [3.05, 3.63) is 131 Å². The van der Waals surface area contributed by atoms with Crippen LogP contribution < -0.4 is 4.74 Å². The van der Waals surface area contributed by atoms with E-state index in [1.807, 2.05) is 61.5 Å². The number of carbonyl (C=O) groups excluding carboxylic acids is 2. The van der Waals surface area contributed by atoms with E-state index in [1.165, 1.54) is 11.2 Å². The molecule has 1 aliphatic rings. The molecule has 3 aromatic carbocycles. The monoisotopic (exact) mass is 479 g/mol. The van der Waals surface area contributed by atoms with Crippen LogP contribution in [0.15, 0.2) is 107 Å². The number of amides is 1. The summed E-state index contributed by atoms with van der Waals surface area (Å²) >= 11 is 0. The first-order valence-electron chi connectivity index (χ1n) is 11.7. The number of ether oxygens (including phenoxy) is 1. The standard InChI is InChI=1S/C30H25NO5/c1-20-9-11-23(12-10-20)28(32)26-27(31(30(34)29(26)33)18-25-8-5-17-35-25)22-13-15-24(16-14-22)36-19-21-6-3-2-4-7-21/h2-17,27,32H,18-19H2,1H3/b28-26+. The minimum Gasteiger partial charge on any atom is -0.507 e. The number of likely N-dealkylation sites (tertiary alicyclic amines) is 1. The molecule has 4 aromatic rings. The average Bonchev–Trinajstić information content (AvgIpc) is 3.51. The predicted molar refractivity (Wildman–Crippen MR) is 135 cm³/mol. The van der Waals surface area contributed by atoms with E-state index in [1.54, 1.807) is 36.4 Å². The molecule has 6 heteroatoms. The van der Waals surface area contributed by atoms with Crippen molar-refractivity contribution in [2.45, 2.75) is 26.1 Å². The Morgan fingerprint density at radius 2 is 1.64 bits per heavy atom. The average molecular weight is 480 g/mol. The summed E-state index contributed by atoms with van der Waals surface area (Å²) in [4.78, 5) is 27.7. The number of aryl methyl sites for hydroxylation is 1. The van der Waals surface area contributed by atoms with Gasteiger partial charge in [0.1, 0.15) is 23.9 Å². The van der Waals surface area contributed by atoms with E-state index >= 15 is 0 Å². The zero-order chi connectivity index (χ0) is 25.1. The van der Waals surface area contributed by atoms with Crippen molar-refractivity contribution < 1.29 is 23.8 Å². The molecule has 6 nitrogen and oxygen atoms in total. The van der Waals surface area contributed by atoms with Gasteiger partial charge in [-0.15, -0.1) is 0 Å². The Labute approximate surface area is 209 Å². The van der Waals surface area contributed by atoms with Crippen molar-refractivity contribution in [3.63, 3.8) is 0 Å². The second-order valence-corrected chi connectivity index (χ2v) is 8.72. The molecule has 1 aliphatic heterocycles. The zero-order valence-corrected chi connectivity index (χ0v) is 19.8. The van der Waals surface area contributed by atoms with Crippen LogP contribution in [0.2, 0.25) is 0 Å². The summed E-state index contributed by atoms with van der Waals surface area (Å²) in [6, 6.07) is 26.9. The molecule has 5 rings (SSSR count). The first-order valence-corrected chi connectivity index (χ1v) is 11.7. The van der Waals surface area contributed by atoms with E-state index < -0.39 is 17.7 Å². The van der Waals surface area contributed by atoms with Gasteiger partial charge < -0.3 is 19.2 Å². The molecule has 1 amide bonds. The summed E-state index contributed by atoms with van der Waals surface area (Å²) in [6.07, 6.45) is 1.52. The minimum absolute atomic E-state index is 0.0494. The van der Waals surface area contributed by atoms with Gasteiger partial charge in [0.15, 0.2) is 0 Å². The van der Waals surface area contributed by atoms with Gasteiger partial charge in [-0.3, -0.25) is 9.59 Å². The number of aliphatic hydroxyl groups excluding tert-OH is 1. The number of Topliss-reactive ketones (excluding diaryl/α,β-unsaturated/α-hetero) is 1. The molecule has 0 spiro atoms. The lowest BCUT2D eigenvalue weighted by atomic mass is 9.95. The molecule has 0 aliphatic carbocycles. The van der Waals surface area contributed by atoms with E-state index in [4.69, 9.17) is 9.15 Å². The first-order chi connectivity index (χ1) is 17.5. The van der Waals surface area contributed by atoms with Gasteiger partial charge in [-0.1, -0.05) is 72.3 Å². The lowest BCUT2D eigenvalue weighted by Crippen LogP contribution is -2.29. The van der Waals surface area contributed by atoms with Crippen LogP contribution in [0.3, 0.4) is 0 Å². The molecule has 1 N–H and O–H groups in total. The molecular weight excluding hydrogens is 454 g/mol. The number of furan rings is 1. The first kappa shape index (κ1) is 23.2. The van der Waals surface area contributed by atoms with Gasteiger partial charge in [0, 0.05) is 5.56 Å². The van der Waals surface area contributed by atoms with E-state index in [2.05, 4.69) is 0 Å². The summed E-state index contributed by atoms with van der Waals surface area (Å²) in [5, 5.41) is 11.2. The number of ketones is 1. The van der Waals surface area contributed by atoms with Crippen LogP contribution in [0, 0.1) is 6.92 Å². The molecule has 0 bridgehead atoms. The van der Waals surface area contributed by atoms with Gasteiger partial charge in [-0.25, -0.2) is 0 Å². The molecule has 1 unspecified atom stereocenters. The van der Waals surface area contributed by atoms with E-state index in [0.717, 1.165) is 11.1 Å². The number of carbonyl (C=O) groups is 2. The number of benzene rings is 3. The smallest absolute Gasteiger partial charge is 0.296 e. The highest BCUT2D eigenvalue weighted by Crippen LogP contribution is 2.40. The van der Waals surface area contributed by atoms with Crippen molar-refractivity contribution in [2.24, 2.45) is 0 Å². The zero-order valence-electron chi connectivity index (χ0n) is 19.8. The predicted octanol–water partition coefficient (Wildman–Crippen LogP) is 5.79. The van der Waals surface area contributed by atoms with Gasteiger partial charge in [0.2, 0.25) is 0 Å². The van der Waals surface area contributed by atoms with Crippen LogP contribution in [0.1, 0.15) is 34.1 Å². The molecule has 36 heavy (non-hydrogen) atoms. The van der Waals surface area contributed by atoms with Gasteiger partial charge in [-0.05, 0) is 42.3 Å². The second-order valence-electron chi connectivity index (χ2n) is 8.72. The molecule has 1 aromatic heterocycles. The van der Waals surface area contributed by atoms with Crippen LogP contribution in [0.5, 0.6) is 5.75 Å². The fraction of sp³-hybridized carbons (Fsp3) is 0.133. The summed E-state index contributed by atoms with van der Waals surface area (Å²) < 4.78 is 11.3. The molecule has 0 saturated carbocycles. The number of rotatable bonds is 7. The maximum absolute atomic E-state index is 13.2. The van der Waals surface area contributed by atoms with Gasteiger partial charge in [0.05, 0.1) is 24.4 Å². The third-order valence-corrected chi connectivity index (χ3v) is 6.22. The molecule has 1 fully saturated rings. The van der Waals surface area contributed by atoms with E-state index in [-0.39, 0.29) is 17.9 Å². The maximum Gasteiger partial charge on any atom is 0.296 e. The highest BCUT2D eigenvalue weighted by atomic mass is 16.5. The Morgan fingerprint density at radius 3 is 2.31 bits per heavy atom. The number of aliphatic hydroxyl groups is 1. The Hall–Kier alpha value is -4.58. The molecule has 2 heterocycles. The Morgan fingerprint density at radius 1 is 0.917 bits per heavy atom.